The van der Waals surface area contributed by atoms with E-state index in [-0.39, 0.29) is 5.41 Å². The van der Waals surface area contributed by atoms with Crippen LogP contribution in [0.3, 0.4) is 0 Å². The molecule has 1 aromatic rings. The molecular weight excluding hydrogens is 172 g/mol. The average Bonchev–Trinajstić information content (AvgIpc) is 2.15. The lowest BCUT2D eigenvalue weighted by Gasteiger charge is -2.20. The minimum Gasteiger partial charge on any atom is -0.192 e. The molecule has 0 unspecified atom stereocenters. The Morgan fingerprint density at radius 2 is 1.71 bits per heavy atom. The lowest BCUT2D eigenvalue weighted by molar-refractivity contribution is 0.588. The lowest BCUT2D eigenvalue weighted by atomic mass is 9.83. The molecule has 0 saturated heterocycles. The highest BCUT2D eigenvalue weighted by Gasteiger charge is 2.19. The molecule has 0 saturated carbocycles. The van der Waals surface area contributed by atoms with Gasteiger partial charge in [-0.3, -0.25) is 0 Å². The zero-order valence-electron chi connectivity index (χ0n) is 8.63. The molecular formula is C12H12N2. The van der Waals surface area contributed by atoms with Crippen molar-refractivity contribution < 1.29 is 0 Å². The quantitative estimate of drug-likeness (QED) is 0.622. The molecule has 0 aliphatic heterocycles. The van der Waals surface area contributed by atoms with Crippen LogP contribution in [-0.2, 0) is 5.41 Å². The fraction of sp³-hybridized carbons (Fsp3) is 0.333. The molecule has 0 heterocycles. The Balaban J connectivity index is 3.49. The van der Waals surface area contributed by atoms with Crippen LogP contribution in [0.15, 0.2) is 18.2 Å². The van der Waals surface area contributed by atoms with Crippen LogP contribution in [0, 0.1) is 22.7 Å². The van der Waals surface area contributed by atoms with Crippen LogP contribution in [0.1, 0.15) is 37.5 Å². The smallest absolute Gasteiger partial charge is 0.101 e. The topological polar surface area (TPSA) is 47.6 Å². The van der Waals surface area contributed by atoms with Crippen molar-refractivity contribution in [1.82, 2.24) is 0 Å². The highest BCUT2D eigenvalue weighted by Crippen LogP contribution is 2.27. The van der Waals surface area contributed by atoms with Crippen molar-refractivity contribution in [3.05, 3.63) is 34.9 Å². The molecule has 1 rings (SSSR count). The van der Waals surface area contributed by atoms with E-state index in [9.17, 15) is 0 Å². The zero-order valence-corrected chi connectivity index (χ0v) is 8.63. The molecule has 2 nitrogen and oxygen atoms in total. The zero-order chi connectivity index (χ0) is 10.8. The number of hydrogen-bond donors (Lipinski definition) is 0. The van der Waals surface area contributed by atoms with Gasteiger partial charge in [-0.15, -0.1) is 0 Å². The normalized spacial score (nSPS) is 10.4. The van der Waals surface area contributed by atoms with E-state index in [1.165, 1.54) is 0 Å². The summed E-state index contributed by atoms with van der Waals surface area (Å²) in [6, 6.07) is 9.53. The highest BCUT2D eigenvalue weighted by atomic mass is 14.3. The number of hydrogen-bond acceptors (Lipinski definition) is 2. The molecule has 0 aliphatic carbocycles. The first kappa shape index (κ1) is 10.3. The molecule has 1 aromatic carbocycles. The maximum Gasteiger partial charge on any atom is 0.101 e. The summed E-state index contributed by atoms with van der Waals surface area (Å²) in [6.45, 7) is 6.10. The number of nitriles is 2. The van der Waals surface area contributed by atoms with Crippen molar-refractivity contribution in [2.75, 3.05) is 0 Å². The third-order valence-electron chi connectivity index (χ3n) is 2.10. The van der Waals surface area contributed by atoms with E-state index in [1.807, 2.05) is 39.0 Å². The van der Waals surface area contributed by atoms with Gasteiger partial charge in [-0.25, -0.2) is 0 Å². The molecule has 0 aliphatic rings. The highest BCUT2D eigenvalue weighted by molar-refractivity contribution is 5.52. The Labute approximate surface area is 84.4 Å². The minimum absolute atomic E-state index is 0.0993. The third kappa shape index (κ3) is 1.75. The van der Waals surface area contributed by atoms with E-state index >= 15 is 0 Å². The molecule has 0 fully saturated rings. The molecule has 70 valence electrons. The Morgan fingerprint density at radius 3 is 2.14 bits per heavy atom. The summed E-state index contributed by atoms with van der Waals surface area (Å²) in [4.78, 5) is 0. The Morgan fingerprint density at radius 1 is 1.07 bits per heavy atom. The number of benzene rings is 1. The molecule has 0 radical (unpaired) electrons. The summed E-state index contributed by atoms with van der Waals surface area (Å²) in [5.74, 6) is 0. The van der Waals surface area contributed by atoms with Crippen LogP contribution in [0.5, 0.6) is 0 Å². The van der Waals surface area contributed by atoms with Gasteiger partial charge in [-0.1, -0.05) is 32.9 Å². The largest absolute Gasteiger partial charge is 0.192 e. The molecule has 0 bridgehead atoms. The Kier molecular flexibility index (Phi) is 2.58. The van der Waals surface area contributed by atoms with Gasteiger partial charge >= 0.3 is 0 Å². The SMILES string of the molecule is CC(C)(C)c1cccc(C#N)c1C#N. The maximum absolute atomic E-state index is 8.99. The van der Waals surface area contributed by atoms with E-state index in [0.717, 1.165) is 5.56 Å². The number of nitrogens with zero attached hydrogens (tertiary/aromatic N) is 2. The van der Waals surface area contributed by atoms with Crippen molar-refractivity contribution in [1.29, 1.82) is 10.5 Å². The summed E-state index contributed by atoms with van der Waals surface area (Å²) in [5, 5.41) is 17.8. The van der Waals surface area contributed by atoms with Crippen LogP contribution in [0.4, 0.5) is 0 Å². The first-order chi connectivity index (χ1) is 6.50. The van der Waals surface area contributed by atoms with Crippen molar-refractivity contribution in [2.24, 2.45) is 0 Å². The summed E-state index contributed by atoms with van der Waals surface area (Å²) in [5.41, 5.74) is 1.79. The van der Waals surface area contributed by atoms with Gasteiger partial charge < -0.3 is 0 Å². The fourth-order valence-electron chi connectivity index (χ4n) is 1.39. The maximum atomic E-state index is 8.99. The van der Waals surface area contributed by atoms with Gasteiger partial charge in [0, 0.05) is 0 Å². The lowest BCUT2D eigenvalue weighted by Crippen LogP contribution is -2.13. The first-order valence-corrected chi connectivity index (χ1v) is 4.44. The summed E-state index contributed by atoms with van der Waals surface area (Å²) >= 11 is 0. The second-order valence-electron chi connectivity index (χ2n) is 4.20. The van der Waals surface area contributed by atoms with Crippen molar-refractivity contribution >= 4 is 0 Å². The van der Waals surface area contributed by atoms with Gasteiger partial charge in [0.2, 0.25) is 0 Å². The monoisotopic (exact) mass is 184 g/mol. The second-order valence-corrected chi connectivity index (χ2v) is 4.20. The fourth-order valence-corrected chi connectivity index (χ4v) is 1.39. The molecule has 0 N–H and O–H groups in total. The van der Waals surface area contributed by atoms with E-state index in [4.69, 9.17) is 10.5 Å². The first-order valence-electron chi connectivity index (χ1n) is 4.44. The molecule has 0 aromatic heterocycles. The van der Waals surface area contributed by atoms with Crippen LogP contribution in [0.25, 0.3) is 0 Å². The summed E-state index contributed by atoms with van der Waals surface area (Å²) < 4.78 is 0. The van der Waals surface area contributed by atoms with E-state index < -0.39 is 0 Å². The summed E-state index contributed by atoms with van der Waals surface area (Å²) in [7, 11) is 0. The third-order valence-corrected chi connectivity index (χ3v) is 2.10. The van der Waals surface area contributed by atoms with Gasteiger partial charge in [0.15, 0.2) is 0 Å². The van der Waals surface area contributed by atoms with Gasteiger partial charge in [0.25, 0.3) is 0 Å². The van der Waals surface area contributed by atoms with Gasteiger partial charge in [0.1, 0.15) is 12.1 Å². The van der Waals surface area contributed by atoms with Crippen LogP contribution in [0.2, 0.25) is 0 Å². The summed E-state index contributed by atoms with van der Waals surface area (Å²) in [6.07, 6.45) is 0. The molecule has 2 heteroatoms. The Bertz CT molecular complexity index is 425. The van der Waals surface area contributed by atoms with Gasteiger partial charge in [-0.2, -0.15) is 10.5 Å². The minimum atomic E-state index is -0.0993. The second kappa shape index (κ2) is 3.52. The van der Waals surface area contributed by atoms with E-state index in [0.29, 0.717) is 11.1 Å². The van der Waals surface area contributed by atoms with Crippen LogP contribution >= 0.6 is 0 Å². The van der Waals surface area contributed by atoms with Crippen LogP contribution < -0.4 is 0 Å². The van der Waals surface area contributed by atoms with Gasteiger partial charge in [0.05, 0.1) is 11.1 Å². The average molecular weight is 184 g/mol. The molecule has 0 atom stereocenters. The van der Waals surface area contributed by atoms with Gasteiger partial charge in [-0.05, 0) is 17.0 Å². The van der Waals surface area contributed by atoms with E-state index in [1.54, 1.807) is 6.07 Å². The van der Waals surface area contributed by atoms with Crippen molar-refractivity contribution in [3.63, 3.8) is 0 Å². The Hall–Kier alpha value is -1.80. The molecule has 0 spiro atoms. The van der Waals surface area contributed by atoms with E-state index in [2.05, 4.69) is 6.07 Å². The predicted molar refractivity (Wildman–Crippen MR) is 54.6 cm³/mol. The van der Waals surface area contributed by atoms with Crippen molar-refractivity contribution in [3.8, 4) is 12.1 Å². The molecule has 0 amide bonds. The van der Waals surface area contributed by atoms with Crippen molar-refractivity contribution in [2.45, 2.75) is 26.2 Å². The van der Waals surface area contributed by atoms with Crippen LogP contribution in [-0.4, -0.2) is 0 Å². The standard InChI is InChI=1S/C12H12N2/c1-12(2,3)11-6-4-5-9(7-13)10(11)8-14/h4-6H,1-3H3. The predicted octanol–water partition coefficient (Wildman–Crippen LogP) is 2.73. The number of rotatable bonds is 0. The molecule has 14 heavy (non-hydrogen) atoms.